The van der Waals surface area contributed by atoms with Crippen LogP contribution in [0.15, 0.2) is 29.8 Å². The van der Waals surface area contributed by atoms with Crippen LogP contribution in [0.25, 0.3) is 0 Å². The highest BCUT2D eigenvalue weighted by Crippen LogP contribution is 2.66. The summed E-state index contributed by atoms with van der Waals surface area (Å²) < 4.78 is 24.0. The van der Waals surface area contributed by atoms with Gasteiger partial charge >= 0.3 is 12.1 Å². The number of hydrogen-bond donors (Lipinski definition) is 1. The first-order chi connectivity index (χ1) is 19.0. The van der Waals surface area contributed by atoms with Gasteiger partial charge in [-0.15, -0.1) is 0 Å². The van der Waals surface area contributed by atoms with Crippen LogP contribution in [-0.2, 0) is 24.1 Å². The molecule has 41 heavy (non-hydrogen) atoms. The molecule has 4 rings (SSSR count). The second kappa shape index (κ2) is 10.7. The maximum atomic E-state index is 14.1. The largest absolute Gasteiger partial charge is 0.497 e. The number of carbonyl (C=O) groups excluding carboxylic acids is 2. The lowest BCUT2D eigenvalue weighted by atomic mass is 9.53. The molecule has 1 aliphatic carbocycles. The molecule has 0 radical (unpaired) electrons. The van der Waals surface area contributed by atoms with E-state index in [0.717, 1.165) is 30.0 Å². The standard InChI is InChI=1S/C32H50N2O6Si/c1-12-22(27(35)38-9)23-15-16-32-31(17-18-33-32,25(23)20-39-41(10,11)30(5,6)7)24-19-21(37-8)13-14-26(24)34(32)28(36)40-29(2,3)4/h12-14,19,23,25,33H,15-18,20H2,1-11H3/b22-12-/t23-,25+,31-,32+/m0/s1. The number of methoxy groups -OCH3 is 2. The Bertz CT molecular complexity index is 1220. The number of anilines is 1. The summed E-state index contributed by atoms with van der Waals surface area (Å²) in [4.78, 5) is 29.1. The van der Waals surface area contributed by atoms with Gasteiger partial charge in [0.25, 0.3) is 0 Å². The van der Waals surface area contributed by atoms with Crippen LogP contribution in [0.5, 0.6) is 5.75 Å². The Morgan fingerprint density at radius 1 is 1.12 bits per heavy atom. The van der Waals surface area contributed by atoms with Crippen molar-refractivity contribution < 1.29 is 28.2 Å². The monoisotopic (exact) mass is 586 g/mol. The highest BCUT2D eigenvalue weighted by atomic mass is 28.4. The molecular formula is C32H50N2O6Si. The van der Waals surface area contributed by atoms with Crippen LogP contribution in [0.2, 0.25) is 18.1 Å². The number of nitrogens with one attached hydrogen (secondary N) is 1. The van der Waals surface area contributed by atoms with Crippen LogP contribution >= 0.6 is 0 Å². The van der Waals surface area contributed by atoms with Gasteiger partial charge in [0, 0.05) is 23.5 Å². The predicted octanol–water partition coefficient (Wildman–Crippen LogP) is 6.55. The van der Waals surface area contributed by atoms with Crippen molar-refractivity contribution in [2.24, 2.45) is 11.8 Å². The van der Waals surface area contributed by atoms with E-state index in [1.807, 2.05) is 50.8 Å². The van der Waals surface area contributed by atoms with Crippen molar-refractivity contribution in [2.75, 3.05) is 32.3 Å². The zero-order valence-electron chi connectivity index (χ0n) is 26.9. The van der Waals surface area contributed by atoms with E-state index in [0.29, 0.717) is 25.0 Å². The lowest BCUT2D eigenvalue weighted by molar-refractivity contribution is -0.137. The summed E-state index contributed by atoms with van der Waals surface area (Å²) in [5.41, 5.74) is 0.617. The van der Waals surface area contributed by atoms with Crippen molar-refractivity contribution in [1.82, 2.24) is 5.32 Å². The van der Waals surface area contributed by atoms with Gasteiger partial charge in [-0.05, 0) is 101 Å². The summed E-state index contributed by atoms with van der Waals surface area (Å²) in [5.74, 6) is 0.208. The summed E-state index contributed by atoms with van der Waals surface area (Å²) in [6, 6.07) is 5.96. The van der Waals surface area contributed by atoms with Crippen molar-refractivity contribution in [1.29, 1.82) is 0 Å². The average Bonchev–Trinajstić information content (AvgIpc) is 3.37. The highest BCUT2D eigenvalue weighted by molar-refractivity contribution is 6.74. The Kier molecular flexibility index (Phi) is 8.26. The van der Waals surface area contributed by atoms with Gasteiger partial charge in [-0.25, -0.2) is 9.59 Å². The van der Waals surface area contributed by atoms with Gasteiger partial charge in [-0.2, -0.15) is 0 Å². The molecule has 2 fully saturated rings. The fraction of sp³-hybridized carbons (Fsp3) is 0.688. The van der Waals surface area contributed by atoms with Gasteiger partial charge in [0.1, 0.15) is 17.0 Å². The molecule has 4 atom stereocenters. The lowest BCUT2D eigenvalue weighted by Crippen LogP contribution is -2.69. The van der Waals surface area contributed by atoms with Gasteiger partial charge < -0.3 is 18.6 Å². The third kappa shape index (κ3) is 5.01. The van der Waals surface area contributed by atoms with Crippen molar-refractivity contribution in [3.8, 4) is 5.75 Å². The number of esters is 1. The van der Waals surface area contributed by atoms with Crippen molar-refractivity contribution in [2.45, 2.75) is 103 Å². The van der Waals surface area contributed by atoms with E-state index in [1.54, 1.807) is 7.11 Å². The first-order valence-electron chi connectivity index (χ1n) is 14.8. The quantitative estimate of drug-likeness (QED) is 0.230. The molecule has 9 heteroatoms. The number of benzene rings is 1. The van der Waals surface area contributed by atoms with Gasteiger partial charge in [-0.1, -0.05) is 26.8 Å². The number of rotatable bonds is 6. The van der Waals surface area contributed by atoms with Crippen LogP contribution in [-0.4, -0.2) is 59.0 Å². The normalized spacial score (nSPS) is 28.1. The van der Waals surface area contributed by atoms with E-state index in [9.17, 15) is 9.59 Å². The fourth-order valence-corrected chi connectivity index (χ4v) is 8.23. The number of fused-ring (bicyclic) bond motifs is 1. The van der Waals surface area contributed by atoms with Crippen molar-refractivity contribution >= 4 is 26.1 Å². The Balaban J connectivity index is 1.96. The van der Waals surface area contributed by atoms with E-state index < -0.39 is 25.0 Å². The molecule has 0 unspecified atom stereocenters. The predicted molar refractivity (Wildman–Crippen MR) is 164 cm³/mol. The number of amides is 1. The maximum Gasteiger partial charge on any atom is 0.416 e. The molecule has 1 aromatic carbocycles. The number of hydrogen-bond acceptors (Lipinski definition) is 7. The van der Waals surface area contributed by atoms with Crippen molar-refractivity contribution in [3.63, 3.8) is 0 Å². The van der Waals surface area contributed by atoms with E-state index in [1.165, 1.54) is 7.11 Å². The summed E-state index contributed by atoms with van der Waals surface area (Å²) in [5, 5.41) is 3.83. The first-order valence-corrected chi connectivity index (χ1v) is 17.8. The number of allylic oxidation sites excluding steroid dienone is 1. The Morgan fingerprint density at radius 2 is 1.80 bits per heavy atom. The van der Waals surface area contributed by atoms with E-state index in [4.69, 9.17) is 18.6 Å². The molecule has 228 valence electrons. The van der Waals surface area contributed by atoms with Crippen LogP contribution in [0.3, 0.4) is 0 Å². The van der Waals surface area contributed by atoms with Gasteiger partial charge in [0.15, 0.2) is 8.32 Å². The second-order valence-electron chi connectivity index (χ2n) is 14.3. The minimum absolute atomic E-state index is 0.0188. The molecule has 1 saturated heterocycles. The van der Waals surface area contributed by atoms with Gasteiger partial charge in [0.2, 0.25) is 0 Å². The van der Waals surface area contributed by atoms with Crippen LogP contribution in [0, 0.1) is 11.8 Å². The molecule has 0 bridgehead atoms. The minimum Gasteiger partial charge on any atom is -0.497 e. The summed E-state index contributed by atoms with van der Waals surface area (Å²) in [6.45, 7) is 20.0. The molecule has 3 aliphatic rings. The highest BCUT2D eigenvalue weighted by Gasteiger charge is 2.72. The summed E-state index contributed by atoms with van der Waals surface area (Å²) in [7, 11) is 0.945. The SMILES string of the molecule is C/C=C(\C(=O)OC)[C@@H]1CC[C@]23NCC[C@]2(c2cc(OC)ccc2N3C(=O)OC(C)(C)C)[C@@H]1CO[Si](C)(C)C(C)(C)C. The molecular weight excluding hydrogens is 536 g/mol. The summed E-state index contributed by atoms with van der Waals surface area (Å²) >= 11 is 0. The van der Waals surface area contributed by atoms with Crippen LogP contribution in [0.4, 0.5) is 10.5 Å². The Hall–Kier alpha value is -2.36. The molecule has 2 aliphatic heterocycles. The van der Waals surface area contributed by atoms with Crippen LogP contribution in [0.1, 0.15) is 73.3 Å². The van der Waals surface area contributed by atoms with E-state index in [2.05, 4.69) is 45.2 Å². The zero-order chi connectivity index (χ0) is 30.6. The summed E-state index contributed by atoms with van der Waals surface area (Å²) in [6.07, 6.45) is 3.65. The Labute approximate surface area is 247 Å². The van der Waals surface area contributed by atoms with E-state index >= 15 is 0 Å². The lowest BCUT2D eigenvalue weighted by Gasteiger charge is -2.55. The molecule has 2 heterocycles. The fourth-order valence-electron chi connectivity index (χ4n) is 7.20. The third-order valence-corrected chi connectivity index (χ3v) is 14.6. The van der Waals surface area contributed by atoms with Crippen LogP contribution < -0.4 is 15.0 Å². The number of ether oxygens (including phenoxy) is 3. The van der Waals surface area contributed by atoms with Gasteiger partial charge in [-0.3, -0.25) is 10.2 Å². The molecule has 1 amide bonds. The van der Waals surface area contributed by atoms with E-state index in [-0.39, 0.29) is 28.9 Å². The third-order valence-electron chi connectivity index (χ3n) is 10.1. The Morgan fingerprint density at radius 3 is 2.37 bits per heavy atom. The maximum absolute atomic E-state index is 14.1. The minimum atomic E-state index is -2.16. The van der Waals surface area contributed by atoms with Gasteiger partial charge in [0.05, 0.1) is 19.9 Å². The second-order valence-corrected chi connectivity index (χ2v) is 19.1. The smallest absolute Gasteiger partial charge is 0.416 e. The number of nitrogens with zero attached hydrogens (tertiary/aromatic N) is 1. The molecule has 0 aromatic heterocycles. The molecule has 0 spiro atoms. The molecule has 1 N–H and O–H groups in total. The topological polar surface area (TPSA) is 86.3 Å². The molecule has 1 saturated carbocycles. The van der Waals surface area contributed by atoms with Crippen molar-refractivity contribution in [3.05, 3.63) is 35.4 Å². The number of carbonyl (C=O) groups is 2. The molecule has 8 nitrogen and oxygen atoms in total. The zero-order valence-corrected chi connectivity index (χ0v) is 27.9. The average molecular weight is 587 g/mol. The first kappa shape index (κ1) is 31.6. The molecule has 1 aromatic rings.